The number of aryl methyl sites for hydroxylation is 1. The molecule has 0 spiro atoms. The van der Waals surface area contributed by atoms with E-state index in [-0.39, 0.29) is 11.8 Å². The van der Waals surface area contributed by atoms with Gasteiger partial charge in [-0.3, -0.25) is 9.78 Å². The van der Waals surface area contributed by atoms with Gasteiger partial charge in [0.2, 0.25) is 5.91 Å². The standard InChI is InChI=1S/C14H23N3O/c1-10(2)7-12(9-15)8-14(18)17-13-5-4-6-16-11(13)3/h4-6,10,12H,7-9,15H2,1-3H3,(H,17,18)/t12-/m0/s1. The second-order valence-electron chi connectivity index (χ2n) is 5.12. The van der Waals surface area contributed by atoms with Crippen LogP contribution in [0, 0.1) is 18.8 Å². The van der Waals surface area contributed by atoms with Crippen LogP contribution in [0.1, 0.15) is 32.4 Å². The fourth-order valence-electron chi connectivity index (χ4n) is 2.01. The molecule has 4 nitrogen and oxygen atoms in total. The molecule has 0 aliphatic carbocycles. The van der Waals surface area contributed by atoms with Crippen molar-refractivity contribution in [3.05, 3.63) is 24.0 Å². The van der Waals surface area contributed by atoms with Crippen molar-refractivity contribution in [2.24, 2.45) is 17.6 Å². The molecule has 1 aromatic heterocycles. The fourth-order valence-corrected chi connectivity index (χ4v) is 2.01. The molecule has 1 rings (SSSR count). The summed E-state index contributed by atoms with van der Waals surface area (Å²) in [5, 5.41) is 2.89. The normalized spacial score (nSPS) is 12.5. The van der Waals surface area contributed by atoms with Crippen LogP contribution < -0.4 is 11.1 Å². The molecular weight excluding hydrogens is 226 g/mol. The van der Waals surface area contributed by atoms with Gasteiger partial charge in [-0.25, -0.2) is 0 Å². The maximum Gasteiger partial charge on any atom is 0.224 e. The van der Waals surface area contributed by atoms with Gasteiger partial charge in [0.25, 0.3) is 0 Å². The number of nitrogens with two attached hydrogens (primary N) is 1. The molecule has 0 radical (unpaired) electrons. The number of aromatic nitrogens is 1. The van der Waals surface area contributed by atoms with Crippen molar-refractivity contribution in [2.75, 3.05) is 11.9 Å². The van der Waals surface area contributed by atoms with Gasteiger partial charge in [0.05, 0.1) is 11.4 Å². The lowest BCUT2D eigenvalue weighted by Gasteiger charge is -2.16. The van der Waals surface area contributed by atoms with Crippen molar-refractivity contribution >= 4 is 11.6 Å². The lowest BCUT2D eigenvalue weighted by molar-refractivity contribution is -0.117. The fraction of sp³-hybridized carbons (Fsp3) is 0.571. The molecule has 0 saturated heterocycles. The van der Waals surface area contributed by atoms with E-state index >= 15 is 0 Å². The van der Waals surface area contributed by atoms with Gasteiger partial charge in [-0.2, -0.15) is 0 Å². The Bertz CT molecular complexity index is 390. The highest BCUT2D eigenvalue weighted by atomic mass is 16.1. The van der Waals surface area contributed by atoms with Crippen LogP contribution in [0.5, 0.6) is 0 Å². The second-order valence-corrected chi connectivity index (χ2v) is 5.12. The minimum Gasteiger partial charge on any atom is -0.330 e. The van der Waals surface area contributed by atoms with E-state index in [0.717, 1.165) is 17.8 Å². The van der Waals surface area contributed by atoms with E-state index in [9.17, 15) is 4.79 Å². The Morgan fingerprint density at radius 1 is 1.50 bits per heavy atom. The van der Waals surface area contributed by atoms with Crippen molar-refractivity contribution in [3.8, 4) is 0 Å². The highest BCUT2D eigenvalue weighted by molar-refractivity contribution is 5.91. The van der Waals surface area contributed by atoms with Crippen molar-refractivity contribution in [1.29, 1.82) is 0 Å². The summed E-state index contributed by atoms with van der Waals surface area (Å²) < 4.78 is 0. The molecule has 0 aliphatic rings. The van der Waals surface area contributed by atoms with Gasteiger partial charge in [-0.15, -0.1) is 0 Å². The summed E-state index contributed by atoms with van der Waals surface area (Å²) in [6, 6.07) is 3.68. The van der Waals surface area contributed by atoms with Crippen LogP contribution in [-0.4, -0.2) is 17.4 Å². The topological polar surface area (TPSA) is 68.0 Å². The Morgan fingerprint density at radius 3 is 2.78 bits per heavy atom. The van der Waals surface area contributed by atoms with Gasteiger partial charge in [0, 0.05) is 12.6 Å². The summed E-state index contributed by atoms with van der Waals surface area (Å²) in [5.74, 6) is 0.829. The third-order valence-electron chi connectivity index (χ3n) is 2.89. The van der Waals surface area contributed by atoms with Crippen molar-refractivity contribution in [1.82, 2.24) is 4.98 Å². The first-order chi connectivity index (χ1) is 8.52. The first kappa shape index (κ1) is 14.6. The van der Waals surface area contributed by atoms with Gasteiger partial charge in [0.15, 0.2) is 0 Å². The molecule has 18 heavy (non-hydrogen) atoms. The molecule has 1 aromatic rings. The molecule has 1 heterocycles. The van der Waals surface area contributed by atoms with Crippen LogP contribution >= 0.6 is 0 Å². The Balaban J connectivity index is 2.53. The maximum absolute atomic E-state index is 11.9. The number of hydrogen-bond acceptors (Lipinski definition) is 3. The van der Waals surface area contributed by atoms with E-state index in [1.165, 1.54) is 0 Å². The highest BCUT2D eigenvalue weighted by Crippen LogP contribution is 2.16. The number of carbonyl (C=O) groups is 1. The molecule has 0 bridgehead atoms. The number of pyridine rings is 1. The van der Waals surface area contributed by atoms with Crippen LogP contribution in [0.3, 0.4) is 0 Å². The summed E-state index contributed by atoms with van der Waals surface area (Å²) in [6.45, 7) is 6.72. The zero-order chi connectivity index (χ0) is 13.5. The summed E-state index contributed by atoms with van der Waals surface area (Å²) in [5.41, 5.74) is 7.31. The number of anilines is 1. The molecule has 1 amide bonds. The number of carbonyl (C=O) groups excluding carboxylic acids is 1. The van der Waals surface area contributed by atoms with E-state index in [1.807, 2.05) is 19.1 Å². The zero-order valence-electron chi connectivity index (χ0n) is 11.4. The van der Waals surface area contributed by atoms with Crippen molar-refractivity contribution < 1.29 is 4.79 Å². The van der Waals surface area contributed by atoms with Gasteiger partial charge in [0.1, 0.15) is 0 Å². The first-order valence-corrected chi connectivity index (χ1v) is 6.44. The Kier molecular flexibility index (Phi) is 5.78. The van der Waals surface area contributed by atoms with E-state index in [0.29, 0.717) is 18.9 Å². The summed E-state index contributed by atoms with van der Waals surface area (Å²) in [6.07, 6.45) is 3.17. The average Bonchev–Trinajstić information content (AvgIpc) is 2.30. The molecule has 0 fully saturated rings. The van der Waals surface area contributed by atoms with Crippen molar-refractivity contribution in [3.63, 3.8) is 0 Å². The van der Waals surface area contributed by atoms with Crippen LogP contribution in [-0.2, 0) is 4.79 Å². The summed E-state index contributed by atoms with van der Waals surface area (Å²) in [4.78, 5) is 16.1. The number of nitrogens with zero attached hydrogens (tertiary/aromatic N) is 1. The number of amides is 1. The highest BCUT2D eigenvalue weighted by Gasteiger charge is 2.14. The Labute approximate surface area is 109 Å². The lowest BCUT2D eigenvalue weighted by Crippen LogP contribution is -2.23. The number of rotatable bonds is 6. The van der Waals surface area contributed by atoms with E-state index in [2.05, 4.69) is 24.1 Å². The predicted molar refractivity (Wildman–Crippen MR) is 74.2 cm³/mol. The van der Waals surface area contributed by atoms with Crippen LogP contribution in [0.15, 0.2) is 18.3 Å². The molecule has 0 aromatic carbocycles. The SMILES string of the molecule is Cc1ncccc1NC(=O)C[C@@H](CN)CC(C)C. The van der Waals surface area contributed by atoms with Crippen LogP contribution in [0.2, 0.25) is 0 Å². The second kappa shape index (κ2) is 7.11. The zero-order valence-corrected chi connectivity index (χ0v) is 11.4. The molecule has 0 aliphatic heterocycles. The van der Waals surface area contributed by atoms with Crippen LogP contribution in [0.4, 0.5) is 5.69 Å². The van der Waals surface area contributed by atoms with Gasteiger partial charge >= 0.3 is 0 Å². The maximum atomic E-state index is 11.9. The first-order valence-electron chi connectivity index (χ1n) is 6.44. The Morgan fingerprint density at radius 2 is 2.22 bits per heavy atom. The van der Waals surface area contributed by atoms with Gasteiger partial charge < -0.3 is 11.1 Å². The summed E-state index contributed by atoms with van der Waals surface area (Å²) >= 11 is 0. The molecule has 1 atom stereocenters. The van der Waals surface area contributed by atoms with Crippen LogP contribution in [0.25, 0.3) is 0 Å². The molecular formula is C14H23N3O. The van der Waals surface area contributed by atoms with Gasteiger partial charge in [-0.1, -0.05) is 13.8 Å². The third-order valence-corrected chi connectivity index (χ3v) is 2.89. The van der Waals surface area contributed by atoms with E-state index in [4.69, 9.17) is 5.73 Å². The van der Waals surface area contributed by atoms with E-state index in [1.54, 1.807) is 6.20 Å². The third kappa shape index (κ3) is 4.84. The predicted octanol–water partition coefficient (Wildman–Crippen LogP) is 2.34. The molecule has 100 valence electrons. The minimum atomic E-state index is 0.0159. The smallest absolute Gasteiger partial charge is 0.224 e. The summed E-state index contributed by atoms with van der Waals surface area (Å²) in [7, 11) is 0. The molecule has 3 N–H and O–H groups in total. The molecule has 4 heteroatoms. The molecule has 0 unspecified atom stereocenters. The largest absolute Gasteiger partial charge is 0.330 e. The van der Waals surface area contributed by atoms with Gasteiger partial charge in [-0.05, 0) is 43.9 Å². The minimum absolute atomic E-state index is 0.0159. The lowest BCUT2D eigenvalue weighted by atomic mass is 9.94. The monoisotopic (exact) mass is 249 g/mol. The molecule has 0 saturated carbocycles. The van der Waals surface area contributed by atoms with E-state index < -0.39 is 0 Å². The number of nitrogens with one attached hydrogen (secondary N) is 1. The van der Waals surface area contributed by atoms with Crippen molar-refractivity contribution in [2.45, 2.75) is 33.6 Å². The quantitative estimate of drug-likeness (QED) is 0.813. The average molecular weight is 249 g/mol. The Hall–Kier alpha value is -1.42. The number of hydrogen-bond donors (Lipinski definition) is 2.